The number of oxazole rings is 1. The summed E-state index contributed by atoms with van der Waals surface area (Å²) in [6.07, 6.45) is 9.70. The van der Waals surface area contributed by atoms with Crippen molar-refractivity contribution in [1.29, 1.82) is 0 Å². The maximum atomic E-state index is 11.5. The second-order valence-electron chi connectivity index (χ2n) is 8.71. The van der Waals surface area contributed by atoms with Crippen LogP contribution in [0.3, 0.4) is 0 Å². The number of fused-ring (bicyclic) bond motifs is 2. The molecule has 0 atom stereocenters. The van der Waals surface area contributed by atoms with Gasteiger partial charge in [-0.25, -0.2) is 0 Å². The number of carbonyl (C=O) groups excluding carboxylic acids is 2. The monoisotopic (exact) mass is 505 g/mol. The quantitative estimate of drug-likeness (QED) is 0.191. The summed E-state index contributed by atoms with van der Waals surface area (Å²) >= 11 is 0. The van der Waals surface area contributed by atoms with Crippen molar-refractivity contribution in [3.05, 3.63) is 72.5 Å². The summed E-state index contributed by atoms with van der Waals surface area (Å²) in [5.41, 5.74) is 2.81. The number of ether oxygens (including phenoxy) is 3. The number of unbranched alkanes of at least 4 members (excludes halogenated alkanes) is 2. The number of esters is 2. The van der Waals surface area contributed by atoms with E-state index in [1.165, 1.54) is 14.2 Å². The molecule has 1 aliphatic rings. The molecule has 4 rings (SSSR count). The predicted octanol–water partition coefficient (Wildman–Crippen LogP) is 5.16. The van der Waals surface area contributed by atoms with Crippen LogP contribution >= 0.6 is 0 Å². The molecule has 3 aromatic rings. The van der Waals surface area contributed by atoms with Gasteiger partial charge >= 0.3 is 17.8 Å². The summed E-state index contributed by atoms with van der Waals surface area (Å²) in [4.78, 5) is 25.0. The van der Waals surface area contributed by atoms with E-state index in [4.69, 9.17) is 18.6 Å². The highest BCUT2D eigenvalue weighted by Crippen LogP contribution is 2.38. The number of allylic oxidation sites excluding steroid dienone is 2. The second-order valence-corrected chi connectivity index (χ2v) is 8.71. The standard InChI is InChI=1S/C29H33N2O6/c1-34-28(32)18-7-9-20-30-22-12-3-5-14-24(22)36-26(30)16-11-17-27-31(21-10-8-19-29(33)35-2)23-13-4-6-15-25(23)37-27/h3-6,11-17H,7-10,18-21H2,1-2H3/q+1. The number of carbonyl (C=O) groups is 2. The fourth-order valence-electron chi connectivity index (χ4n) is 4.31. The smallest absolute Gasteiger partial charge is 0.374 e. The van der Waals surface area contributed by atoms with Crippen LogP contribution in [0, 0.1) is 0 Å². The van der Waals surface area contributed by atoms with E-state index in [0.29, 0.717) is 12.8 Å². The SMILES string of the molecule is COC(=O)CCCCN1/C(=C\C=C\c2oc3ccccc3[n+]2CCCCC(=O)OC)Oc2ccccc21. The fraction of sp³-hybridized carbons (Fsp3) is 0.345. The third kappa shape index (κ3) is 6.58. The highest BCUT2D eigenvalue weighted by atomic mass is 16.5. The average Bonchev–Trinajstić information content (AvgIpc) is 3.46. The molecule has 0 radical (unpaired) electrons. The number of rotatable bonds is 12. The molecule has 0 bridgehead atoms. The summed E-state index contributed by atoms with van der Waals surface area (Å²) in [5.74, 6) is 1.86. The normalized spacial score (nSPS) is 13.8. The fourth-order valence-corrected chi connectivity index (χ4v) is 4.31. The Morgan fingerprint density at radius 1 is 0.919 bits per heavy atom. The van der Waals surface area contributed by atoms with Crippen LogP contribution in [0.5, 0.6) is 5.75 Å². The van der Waals surface area contributed by atoms with Crippen LogP contribution in [0.15, 0.2) is 71.0 Å². The van der Waals surface area contributed by atoms with E-state index in [1.54, 1.807) is 0 Å². The van der Waals surface area contributed by atoms with Gasteiger partial charge in [-0.05, 0) is 49.6 Å². The van der Waals surface area contributed by atoms with Gasteiger partial charge in [0, 0.05) is 31.9 Å². The topological polar surface area (TPSA) is 82.1 Å². The van der Waals surface area contributed by atoms with Crippen molar-refractivity contribution in [3.8, 4) is 5.75 Å². The molecule has 0 N–H and O–H groups in total. The van der Waals surface area contributed by atoms with Crippen LogP contribution in [0.1, 0.15) is 44.4 Å². The molecule has 8 heteroatoms. The number of anilines is 1. The molecule has 0 fully saturated rings. The van der Waals surface area contributed by atoms with Crippen LogP contribution < -0.4 is 14.2 Å². The molecule has 37 heavy (non-hydrogen) atoms. The zero-order valence-corrected chi connectivity index (χ0v) is 21.4. The van der Waals surface area contributed by atoms with Crippen molar-refractivity contribution >= 4 is 34.8 Å². The van der Waals surface area contributed by atoms with E-state index in [1.807, 2.05) is 66.8 Å². The lowest BCUT2D eigenvalue weighted by atomic mass is 10.2. The summed E-state index contributed by atoms with van der Waals surface area (Å²) < 4.78 is 23.9. The number of benzene rings is 2. The molecule has 0 amide bonds. The lowest BCUT2D eigenvalue weighted by Crippen LogP contribution is -2.35. The van der Waals surface area contributed by atoms with Gasteiger partial charge in [-0.1, -0.05) is 24.3 Å². The van der Waals surface area contributed by atoms with Crippen molar-refractivity contribution in [1.82, 2.24) is 0 Å². The Morgan fingerprint density at radius 2 is 1.62 bits per heavy atom. The Balaban J connectivity index is 1.49. The maximum absolute atomic E-state index is 11.5. The van der Waals surface area contributed by atoms with Gasteiger partial charge in [0.2, 0.25) is 11.5 Å². The highest BCUT2D eigenvalue weighted by Gasteiger charge is 2.25. The molecule has 2 aromatic carbocycles. The largest absolute Gasteiger partial charge is 0.469 e. The Hall–Kier alpha value is -4.07. The Labute approximate surface area is 216 Å². The molecule has 1 aromatic heterocycles. The Morgan fingerprint density at radius 3 is 2.41 bits per heavy atom. The third-order valence-electron chi connectivity index (χ3n) is 6.23. The lowest BCUT2D eigenvalue weighted by Gasteiger charge is -2.17. The van der Waals surface area contributed by atoms with Crippen LogP contribution in [0.2, 0.25) is 0 Å². The van der Waals surface area contributed by atoms with Gasteiger partial charge in [0.05, 0.1) is 26.0 Å². The average molecular weight is 506 g/mol. The Kier molecular flexibility index (Phi) is 8.97. The number of hydrogen-bond acceptors (Lipinski definition) is 7. The second kappa shape index (κ2) is 12.8. The molecule has 194 valence electrons. The number of aryl methyl sites for hydroxylation is 1. The van der Waals surface area contributed by atoms with Crippen molar-refractivity contribution in [2.45, 2.75) is 45.1 Å². The maximum Gasteiger partial charge on any atom is 0.374 e. The minimum Gasteiger partial charge on any atom is -0.469 e. The molecule has 2 heterocycles. The van der Waals surface area contributed by atoms with E-state index in [2.05, 4.69) is 9.47 Å². The molecule has 1 aliphatic heterocycles. The van der Waals surface area contributed by atoms with Gasteiger partial charge in [-0.15, -0.1) is 0 Å². The zero-order chi connectivity index (χ0) is 26.0. The first-order chi connectivity index (χ1) is 18.1. The predicted molar refractivity (Wildman–Crippen MR) is 140 cm³/mol. The Bertz CT molecular complexity index is 1290. The molecular formula is C29H33N2O6+. The van der Waals surface area contributed by atoms with Crippen molar-refractivity contribution in [3.63, 3.8) is 0 Å². The van der Waals surface area contributed by atoms with Crippen molar-refractivity contribution in [2.75, 3.05) is 25.7 Å². The highest BCUT2D eigenvalue weighted by molar-refractivity contribution is 5.71. The number of para-hydroxylation sites is 4. The minimum absolute atomic E-state index is 0.193. The van der Waals surface area contributed by atoms with Crippen LogP contribution in [-0.2, 0) is 25.6 Å². The summed E-state index contributed by atoms with van der Waals surface area (Å²) in [6, 6.07) is 15.8. The molecule has 0 saturated carbocycles. The van der Waals surface area contributed by atoms with Crippen LogP contribution in [0.25, 0.3) is 17.2 Å². The zero-order valence-electron chi connectivity index (χ0n) is 21.4. The summed E-state index contributed by atoms with van der Waals surface area (Å²) in [6.45, 7) is 1.44. The molecule has 8 nitrogen and oxygen atoms in total. The van der Waals surface area contributed by atoms with E-state index < -0.39 is 0 Å². The first-order valence-corrected chi connectivity index (χ1v) is 12.6. The number of methoxy groups -OCH3 is 2. The van der Waals surface area contributed by atoms with Crippen molar-refractivity contribution < 1.29 is 32.8 Å². The van der Waals surface area contributed by atoms with Gasteiger partial charge in [0.25, 0.3) is 5.52 Å². The molecular weight excluding hydrogens is 472 g/mol. The minimum atomic E-state index is -0.193. The molecule has 0 aliphatic carbocycles. The summed E-state index contributed by atoms with van der Waals surface area (Å²) in [7, 11) is 2.82. The first-order valence-electron chi connectivity index (χ1n) is 12.6. The van der Waals surface area contributed by atoms with Gasteiger partial charge in [-0.3, -0.25) is 9.59 Å². The summed E-state index contributed by atoms with van der Waals surface area (Å²) in [5, 5.41) is 0. The van der Waals surface area contributed by atoms with E-state index in [9.17, 15) is 9.59 Å². The third-order valence-corrected chi connectivity index (χ3v) is 6.23. The van der Waals surface area contributed by atoms with Gasteiger partial charge < -0.3 is 23.5 Å². The number of hydrogen-bond donors (Lipinski definition) is 0. The van der Waals surface area contributed by atoms with Gasteiger partial charge in [0.1, 0.15) is 0 Å². The lowest BCUT2D eigenvalue weighted by molar-refractivity contribution is -0.678. The van der Waals surface area contributed by atoms with E-state index in [0.717, 1.165) is 73.1 Å². The first kappa shape index (κ1) is 26.0. The van der Waals surface area contributed by atoms with Crippen molar-refractivity contribution in [2.24, 2.45) is 0 Å². The molecule has 0 saturated heterocycles. The number of nitrogens with zero attached hydrogens (tertiary/aromatic N) is 2. The molecule has 0 unspecified atom stereocenters. The number of aromatic nitrogens is 1. The van der Waals surface area contributed by atoms with E-state index in [-0.39, 0.29) is 11.9 Å². The molecule has 0 spiro atoms. The van der Waals surface area contributed by atoms with Crippen LogP contribution in [-0.4, -0.2) is 32.7 Å². The van der Waals surface area contributed by atoms with Gasteiger partial charge in [0.15, 0.2) is 12.3 Å². The van der Waals surface area contributed by atoms with Gasteiger partial charge in [-0.2, -0.15) is 4.57 Å². The van der Waals surface area contributed by atoms with Crippen LogP contribution in [0.4, 0.5) is 5.69 Å². The van der Waals surface area contributed by atoms with E-state index >= 15 is 0 Å².